The first-order valence-corrected chi connectivity index (χ1v) is 7.01. The van der Waals surface area contributed by atoms with Gasteiger partial charge < -0.3 is 10.3 Å². The number of ketones is 1. The maximum atomic E-state index is 12.4. The fourth-order valence-electron chi connectivity index (χ4n) is 2.55. The van der Waals surface area contributed by atoms with Gasteiger partial charge in [-0.25, -0.2) is 4.79 Å². The van der Waals surface area contributed by atoms with E-state index < -0.39 is 17.1 Å². The molecule has 1 aromatic rings. The van der Waals surface area contributed by atoms with Gasteiger partial charge in [-0.2, -0.15) is 4.79 Å². The van der Waals surface area contributed by atoms with Gasteiger partial charge in [0, 0.05) is 6.54 Å². The molecule has 2 rings (SSSR count). The minimum absolute atomic E-state index is 0.145. The van der Waals surface area contributed by atoms with Crippen molar-refractivity contribution in [3.63, 3.8) is 0 Å². The highest BCUT2D eigenvalue weighted by atomic mass is 16.6. The lowest BCUT2D eigenvalue weighted by molar-refractivity contribution is -0.120. The third-order valence-corrected chi connectivity index (χ3v) is 3.60. The van der Waals surface area contributed by atoms with E-state index in [1.807, 2.05) is 0 Å². The number of carbonyl (C=O) groups is 2. The smallest absolute Gasteiger partial charge is 0.414 e. The van der Waals surface area contributed by atoms with Crippen LogP contribution in [-0.4, -0.2) is 35.0 Å². The SMILES string of the molecule is CC(C)(C)OC(=O)N1CC(C)(C(=O)C=[N+]=[N-])c2ccccc21. The Balaban J connectivity index is 2.44. The molecule has 6 heteroatoms. The van der Waals surface area contributed by atoms with E-state index >= 15 is 0 Å². The summed E-state index contributed by atoms with van der Waals surface area (Å²) in [6.45, 7) is 7.23. The summed E-state index contributed by atoms with van der Waals surface area (Å²) in [7, 11) is 0. The van der Waals surface area contributed by atoms with Crippen LogP contribution >= 0.6 is 0 Å². The van der Waals surface area contributed by atoms with Crippen molar-refractivity contribution in [2.75, 3.05) is 11.4 Å². The van der Waals surface area contributed by atoms with E-state index in [4.69, 9.17) is 10.3 Å². The lowest BCUT2D eigenvalue weighted by atomic mass is 9.81. The van der Waals surface area contributed by atoms with Crippen molar-refractivity contribution in [1.29, 1.82) is 0 Å². The van der Waals surface area contributed by atoms with Crippen LogP contribution in [0.25, 0.3) is 5.53 Å². The van der Waals surface area contributed by atoms with E-state index in [2.05, 4.69) is 4.79 Å². The molecule has 1 aliphatic rings. The minimum Gasteiger partial charge on any atom is -0.443 e. The first kappa shape index (κ1) is 15.9. The standard InChI is InChI=1S/C16H19N3O3/c1-15(2,3)22-14(21)19-10-16(4,13(20)9-18-17)11-7-5-6-8-12(11)19/h5-9H,10H2,1-4H3. The molecule has 1 heterocycles. The molecule has 1 amide bonds. The van der Waals surface area contributed by atoms with E-state index in [1.54, 1.807) is 52.0 Å². The summed E-state index contributed by atoms with van der Waals surface area (Å²) in [4.78, 5) is 29.0. The molecule has 0 radical (unpaired) electrons. The van der Waals surface area contributed by atoms with Crippen LogP contribution in [0.5, 0.6) is 0 Å². The number of Topliss-reactive ketones (excluding diaryl/α,β-unsaturated/α-hetero) is 1. The molecule has 0 saturated carbocycles. The summed E-state index contributed by atoms with van der Waals surface area (Å²) >= 11 is 0. The lowest BCUT2D eigenvalue weighted by Crippen LogP contribution is -2.43. The topological polar surface area (TPSA) is 83.0 Å². The Labute approximate surface area is 129 Å². The van der Waals surface area contributed by atoms with Crippen molar-refractivity contribution in [3.05, 3.63) is 35.4 Å². The van der Waals surface area contributed by atoms with Crippen molar-refractivity contribution in [2.45, 2.75) is 38.7 Å². The van der Waals surface area contributed by atoms with Gasteiger partial charge in [0.15, 0.2) is 0 Å². The number of benzene rings is 1. The molecule has 1 unspecified atom stereocenters. The highest BCUT2D eigenvalue weighted by Gasteiger charge is 2.48. The molecule has 0 bridgehead atoms. The van der Waals surface area contributed by atoms with E-state index in [-0.39, 0.29) is 12.3 Å². The van der Waals surface area contributed by atoms with E-state index in [9.17, 15) is 9.59 Å². The number of ether oxygens (including phenoxy) is 1. The maximum Gasteiger partial charge on any atom is 0.414 e. The highest BCUT2D eigenvalue weighted by Crippen LogP contribution is 2.41. The second-order valence-corrected chi connectivity index (χ2v) is 6.52. The third-order valence-electron chi connectivity index (χ3n) is 3.60. The van der Waals surface area contributed by atoms with Crippen LogP contribution in [0.3, 0.4) is 0 Å². The zero-order valence-corrected chi connectivity index (χ0v) is 13.2. The third kappa shape index (κ3) is 2.78. The van der Waals surface area contributed by atoms with Crippen molar-refractivity contribution in [3.8, 4) is 0 Å². The second-order valence-electron chi connectivity index (χ2n) is 6.52. The average Bonchev–Trinajstić information content (AvgIpc) is 2.73. The number of rotatable bonds is 2. The van der Waals surface area contributed by atoms with Gasteiger partial charge in [-0.1, -0.05) is 18.2 Å². The number of carbonyl (C=O) groups excluding carboxylic acids is 2. The summed E-state index contributed by atoms with van der Waals surface area (Å²) < 4.78 is 5.40. The van der Waals surface area contributed by atoms with Gasteiger partial charge in [0.2, 0.25) is 5.78 Å². The zero-order chi connectivity index (χ0) is 16.5. The molecule has 116 valence electrons. The molecule has 1 aliphatic heterocycles. The fourth-order valence-corrected chi connectivity index (χ4v) is 2.55. The Kier molecular flexibility index (Phi) is 3.90. The average molecular weight is 301 g/mol. The normalized spacial score (nSPS) is 20.1. The molecule has 1 atom stereocenters. The van der Waals surface area contributed by atoms with Gasteiger partial charge in [0.25, 0.3) is 0 Å². The number of anilines is 1. The highest BCUT2D eigenvalue weighted by molar-refractivity contribution is 6.30. The van der Waals surface area contributed by atoms with Crippen LogP contribution in [0.2, 0.25) is 0 Å². The summed E-state index contributed by atoms with van der Waals surface area (Å²) in [5.74, 6) is -0.367. The molecule has 0 aliphatic carbocycles. The second kappa shape index (κ2) is 5.39. The first-order chi connectivity index (χ1) is 10.2. The molecule has 0 N–H and O–H groups in total. The quantitative estimate of drug-likeness (QED) is 0.478. The molecular formula is C16H19N3O3. The number of fused-ring (bicyclic) bond motifs is 1. The fraction of sp³-hybridized carbons (Fsp3) is 0.438. The van der Waals surface area contributed by atoms with E-state index in [0.29, 0.717) is 11.3 Å². The Morgan fingerprint density at radius 2 is 2.00 bits per heavy atom. The predicted molar refractivity (Wildman–Crippen MR) is 82.1 cm³/mol. The maximum absolute atomic E-state index is 12.4. The summed E-state index contributed by atoms with van der Waals surface area (Å²) in [6.07, 6.45) is 0.368. The number of hydrogen-bond donors (Lipinski definition) is 0. The van der Waals surface area contributed by atoms with Crippen LogP contribution in [0.1, 0.15) is 33.3 Å². The monoisotopic (exact) mass is 301 g/mol. The first-order valence-electron chi connectivity index (χ1n) is 7.01. The number of amides is 1. The van der Waals surface area contributed by atoms with E-state index in [0.717, 1.165) is 6.21 Å². The van der Waals surface area contributed by atoms with Crippen LogP contribution in [0.15, 0.2) is 24.3 Å². The largest absolute Gasteiger partial charge is 0.443 e. The van der Waals surface area contributed by atoms with Gasteiger partial charge in [-0.3, -0.25) is 9.69 Å². The molecule has 0 aromatic heterocycles. The van der Waals surface area contributed by atoms with Gasteiger partial charge in [0.1, 0.15) is 5.60 Å². The molecule has 0 saturated heterocycles. The molecule has 0 spiro atoms. The van der Waals surface area contributed by atoms with Crippen LogP contribution in [-0.2, 0) is 14.9 Å². The Morgan fingerprint density at radius 3 is 2.59 bits per heavy atom. The van der Waals surface area contributed by atoms with Crippen LogP contribution in [0.4, 0.5) is 10.5 Å². The van der Waals surface area contributed by atoms with Gasteiger partial charge in [0.05, 0.1) is 11.1 Å². The van der Waals surface area contributed by atoms with Gasteiger partial charge in [-0.15, -0.1) is 0 Å². The number of nitrogens with zero attached hydrogens (tertiary/aromatic N) is 3. The molecule has 1 aromatic carbocycles. The van der Waals surface area contributed by atoms with Gasteiger partial charge >= 0.3 is 12.3 Å². The van der Waals surface area contributed by atoms with Crippen molar-refractivity contribution in [2.24, 2.45) is 0 Å². The predicted octanol–water partition coefficient (Wildman–Crippen LogP) is 2.57. The zero-order valence-electron chi connectivity index (χ0n) is 13.2. The molecular weight excluding hydrogens is 282 g/mol. The van der Waals surface area contributed by atoms with Crippen LogP contribution < -0.4 is 4.90 Å². The number of para-hydroxylation sites is 1. The van der Waals surface area contributed by atoms with Crippen molar-refractivity contribution in [1.82, 2.24) is 0 Å². The molecule has 22 heavy (non-hydrogen) atoms. The van der Waals surface area contributed by atoms with Crippen LogP contribution in [0, 0.1) is 0 Å². The Morgan fingerprint density at radius 1 is 1.36 bits per heavy atom. The van der Waals surface area contributed by atoms with Crippen molar-refractivity contribution < 1.29 is 19.1 Å². The minimum atomic E-state index is -0.959. The van der Waals surface area contributed by atoms with Crippen molar-refractivity contribution >= 4 is 23.8 Å². The summed E-state index contributed by atoms with van der Waals surface area (Å²) in [6, 6.07) is 7.17. The number of hydrogen-bond acceptors (Lipinski definition) is 3. The molecule has 6 nitrogen and oxygen atoms in total. The Bertz CT molecular complexity index is 671. The molecule has 0 fully saturated rings. The Hall–Kier alpha value is -2.46. The van der Waals surface area contributed by atoms with E-state index in [1.165, 1.54) is 4.90 Å². The summed E-state index contributed by atoms with van der Waals surface area (Å²) in [5, 5.41) is 0. The lowest BCUT2D eigenvalue weighted by Gasteiger charge is -2.26. The van der Waals surface area contributed by atoms with Gasteiger partial charge in [-0.05, 0) is 39.3 Å². The summed E-state index contributed by atoms with van der Waals surface area (Å²) in [5.41, 5.74) is 8.40.